The van der Waals surface area contributed by atoms with Crippen LogP contribution in [0, 0.1) is 40.4 Å². The van der Waals surface area contributed by atoms with Crippen LogP contribution < -0.4 is 0 Å². The fourth-order valence-electron chi connectivity index (χ4n) is 8.67. The van der Waals surface area contributed by atoms with Crippen molar-refractivity contribution in [3.8, 4) is 0 Å². The van der Waals surface area contributed by atoms with Crippen molar-refractivity contribution in [2.75, 3.05) is 0 Å². The third-order valence-electron chi connectivity index (χ3n) is 10.3. The van der Waals surface area contributed by atoms with Crippen molar-refractivity contribution >= 4 is 0 Å². The molecule has 2 N–H and O–H groups in total. The second-order valence-corrected chi connectivity index (χ2v) is 12.6. The highest BCUT2D eigenvalue weighted by molar-refractivity contribution is 5.25. The summed E-state index contributed by atoms with van der Waals surface area (Å²) in [6.45, 7) is 11.6. The summed E-state index contributed by atoms with van der Waals surface area (Å²) in [5.74, 6) is 4.24. The smallest absolute Gasteiger partial charge is 0.0591 e. The normalized spacial score (nSPS) is 45.8. The van der Waals surface area contributed by atoms with Gasteiger partial charge in [-0.25, -0.2) is 0 Å². The molecule has 0 aliphatic heterocycles. The van der Waals surface area contributed by atoms with Gasteiger partial charge >= 0.3 is 0 Å². The summed E-state index contributed by atoms with van der Waals surface area (Å²) in [7, 11) is 0. The van der Waals surface area contributed by atoms with Gasteiger partial charge in [0.1, 0.15) is 0 Å². The third kappa shape index (κ3) is 3.86. The van der Waals surface area contributed by atoms with Crippen LogP contribution in [0.3, 0.4) is 0 Å². The first-order valence-electron chi connectivity index (χ1n) is 12.6. The van der Waals surface area contributed by atoms with Gasteiger partial charge in [0.15, 0.2) is 0 Å². The monoisotopic (exact) mass is 402 g/mol. The van der Waals surface area contributed by atoms with E-state index in [1.165, 1.54) is 44.9 Å². The average Bonchev–Trinajstić information content (AvgIpc) is 2.98. The molecule has 0 aromatic rings. The summed E-state index contributed by atoms with van der Waals surface area (Å²) >= 11 is 0. The lowest BCUT2D eigenvalue weighted by atomic mass is 9.47. The summed E-state index contributed by atoms with van der Waals surface area (Å²) < 4.78 is 0. The Morgan fingerprint density at radius 2 is 1.86 bits per heavy atom. The van der Waals surface area contributed by atoms with Crippen molar-refractivity contribution < 1.29 is 10.2 Å². The predicted octanol–water partition coefficient (Wildman–Crippen LogP) is 6.50. The van der Waals surface area contributed by atoms with E-state index in [0.29, 0.717) is 10.8 Å². The van der Waals surface area contributed by atoms with Gasteiger partial charge in [0.2, 0.25) is 0 Å². The van der Waals surface area contributed by atoms with Crippen LogP contribution in [-0.4, -0.2) is 21.9 Å². The van der Waals surface area contributed by atoms with Crippen molar-refractivity contribution in [1.82, 2.24) is 0 Å². The minimum atomic E-state index is -0.519. The molecule has 0 bridgehead atoms. The zero-order valence-electron chi connectivity index (χ0n) is 19.7. The number of hydrogen-bond donors (Lipinski definition) is 2. The molecule has 0 saturated heterocycles. The van der Waals surface area contributed by atoms with Crippen molar-refractivity contribution in [2.24, 2.45) is 40.4 Å². The molecule has 3 saturated carbocycles. The van der Waals surface area contributed by atoms with Crippen molar-refractivity contribution in [1.29, 1.82) is 0 Å². The van der Waals surface area contributed by atoms with Crippen LogP contribution in [0.1, 0.15) is 105 Å². The van der Waals surface area contributed by atoms with E-state index in [2.05, 4.69) is 26.8 Å². The van der Waals surface area contributed by atoms with Crippen LogP contribution >= 0.6 is 0 Å². The average molecular weight is 403 g/mol. The summed E-state index contributed by atoms with van der Waals surface area (Å²) in [6.07, 6.45) is 15.9. The molecule has 0 heterocycles. The summed E-state index contributed by atoms with van der Waals surface area (Å²) in [5, 5.41) is 20.3. The molecule has 3 fully saturated rings. The highest BCUT2D eigenvalue weighted by Crippen LogP contribution is 2.67. The highest BCUT2D eigenvalue weighted by Gasteiger charge is 2.59. The molecule has 0 radical (unpaired) electrons. The topological polar surface area (TPSA) is 40.5 Å². The van der Waals surface area contributed by atoms with E-state index in [0.717, 1.165) is 55.3 Å². The van der Waals surface area contributed by atoms with E-state index < -0.39 is 5.60 Å². The Hall–Kier alpha value is -0.340. The first-order chi connectivity index (χ1) is 13.5. The Balaban J connectivity index is 1.47. The molecule has 0 amide bonds. The molecule has 5 unspecified atom stereocenters. The predicted molar refractivity (Wildman–Crippen MR) is 121 cm³/mol. The van der Waals surface area contributed by atoms with E-state index in [-0.39, 0.29) is 6.10 Å². The Kier molecular flexibility index (Phi) is 5.78. The van der Waals surface area contributed by atoms with Gasteiger partial charge in [-0.1, -0.05) is 45.3 Å². The number of aliphatic hydroxyl groups excluding tert-OH is 1. The summed E-state index contributed by atoms with van der Waals surface area (Å²) in [6, 6.07) is 0. The molecule has 2 nitrogen and oxygen atoms in total. The van der Waals surface area contributed by atoms with Crippen LogP contribution in [0.25, 0.3) is 0 Å². The maximum absolute atomic E-state index is 10.2. The second-order valence-electron chi connectivity index (χ2n) is 12.6. The number of fused-ring (bicyclic) bond motifs is 5. The van der Waals surface area contributed by atoms with E-state index in [1.54, 1.807) is 5.57 Å². The van der Waals surface area contributed by atoms with Gasteiger partial charge in [-0.15, -0.1) is 0 Å². The molecular formula is C27H46O2. The quantitative estimate of drug-likeness (QED) is 0.515. The van der Waals surface area contributed by atoms with Gasteiger partial charge in [-0.2, -0.15) is 0 Å². The van der Waals surface area contributed by atoms with Crippen LogP contribution in [0.15, 0.2) is 11.6 Å². The van der Waals surface area contributed by atoms with Gasteiger partial charge in [-0.05, 0) is 112 Å². The molecule has 166 valence electrons. The molecule has 0 aromatic carbocycles. The first-order valence-corrected chi connectivity index (χ1v) is 12.6. The van der Waals surface area contributed by atoms with Gasteiger partial charge in [0.25, 0.3) is 0 Å². The van der Waals surface area contributed by atoms with Crippen molar-refractivity contribution in [2.45, 2.75) is 117 Å². The molecule has 4 rings (SSSR count). The maximum atomic E-state index is 10.2. The minimum absolute atomic E-state index is 0.0969. The van der Waals surface area contributed by atoms with Crippen LogP contribution in [0.5, 0.6) is 0 Å². The third-order valence-corrected chi connectivity index (χ3v) is 10.3. The molecule has 0 spiro atoms. The fraction of sp³-hybridized carbons (Fsp3) is 0.926. The van der Waals surface area contributed by atoms with Crippen LogP contribution in [-0.2, 0) is 0 Å². The van der Waals surface area contributed by atoms with Crippen LogP contribution in [0.2, 0.25) is 0 Å². The SMILES string of the molecule is CC(CCCC(C)(C)O)C1CCC2C3CC=C4C[C@@H](O)CC[C@]4(C)C3CC[C@]12C. The molecular weight excluding hydrogens is 356 g/mol. The Bertz CT molecular complexity index is 631. The van der Waals surface area contributed by atoms with E-state index in [1.807, 2.05) is 13.8 Å². The summed E-state index contributed by atoms with van der Waals surface area (Å²) in [5.41, 5.74) is 1.95. The molecule has 4 aliphatic carbocycles. The Labute approximate surface area is 179 Å². The summed E-state index contributed by atoms with van der Waals surface area (Å²) in [4.78, 5) is 0. The van der Waals surface area contributed by atoms with Gasteiger partial charge in [0.05, 0.1) is 11.7 Å². The maximum Gasteiger partial charge on any atom is 0.0591 e. The zero-order chi connectivity index (χ0) is 21.0. The largest absolute Gasteiger partial charge is 0.393 e. The van der Waals surface area contributed by atoms with Crippen molar-refractivity contribution in [3.05, 3.63) is 11.6 Å². The molecule has 4 aliphatic rings. The zero-order valence-corrected chi connectivity index (χ0v) is 19.7. The minimum Gasteiger partial charge on any atom is -0.393 e. The second kappa shape index (κ2) is 7.66. The highest BCUT2D eigenvalue weighted by atomic mass is 16.3. The lowest BCUT2D eigenvalue weighted by Gasteiger charge is -2.58. The molecule has 0 aromatic heterocycles. The van der Waals surface area contributed by atoms with Gasteiger partial charge in [-0.3, -0.25) is 0 Å². The number of aliphatic hydroxyl groups is 2. The van der Waals surface area contributed by atoms with E-state index in [9.17, 15) is 10.2 Å². The standard InChI is InChI=1S/C27H46O2/c1-18(7-6-14-25(2,3)29)22-10-11-23-21-9-8-19-17-20(28)12-15-26(19,4)24(21)13-16-27(22,23)5/h8,18,20-24,28-29H,6-7,9-17H2,1-5H3/t18?,20-,21?,22?,23?,24?,26-,27+/m0/s1. The first kappa shape index (κ1) is 21.9. The number of rotatable bonds is 5. The molecule has 29 heavy (non-hydrogen) atoms. The molecule has 8 atom stereocenters. The van der Waals surface area contributed by atoms with Crippen LogP contribution in [0.4, 0.5) is 0 Å². The van der Waals surface area contributed by atoms with Crippen molar-refractivity contribution in [3.63, 3.8) is 0 Å². The van der Waals surface area contributed by atoms with Gasteiger partial charge in [0, 0.05) is 0 Å². The molecule has 2 heteroatoms. The lowest BCUT2D eigenvalue weighted by Crippen LogP contribution is -2.50. The number of allylic oxidation sites excluding steroid dienone is 1. The van der Waals surface area contributed by atoms with Gasteiger partial charge < -0.3 is 10.2 Å². The van der Waals surface area contributed by atoms with E-state index >= 15 is 0 Å². The Morgan fingerprint density at radius 1 is 1.10 bits per heavy atom. The fourth-order valence-corrected chi connectivity index (χ4v) is 8.67. The van der Waals surface area contributed by atoms with E-state index in [4.69, 9.17) is 0 Å². The lowest BCUT2D eigenvalue weighted by molar-refractivity contribution is -0.0575. The Morgan fingerprint density at radius 3 is 2.59 bits per heavy atom. The number of hydrogen-bond acceptors (Lipinski definition) is 2.